The molecule has 0 fully saturated rings. The summed E-state index contributed by atoms with van der Waals surface area (Å²) in [6, 6.07) is 3.24. The summed E-state index contributed by atoms with van der Waals surface area (Å²) in [4.78, 5) is 0. The van der Waals surface area contributed by atoms with Gasteiger partial charge in [0.1, 0.15) is 0 Å². The van der Waals surface area contributed by atoms with Crippen LogP contribution >= 0.6 is 0 Å². The number of hydrogen-bond acceptors (Lipinski definition) is 7. The maximum absolute atomic E-state index is 5.89. The first kappa shape index (κ1) is 15.1. The highest BCUT2D eigenvalue weighted by atomic mass is 16.5. The third-order valence-electron chi connectivity index (χ3n) is 3.13. The highest BCUT2D eigenvalue weighted by Crippen LogP contribution is 2.43. The van der Waals surface area contributed by atoms with E-state index >= 15 is 0 Å². The van der Waals surface area contributed by atoms with Crippen molar-refractivity contribution in [3.63, 3.8) is 0 Å². The van der Waals surface area contributed by atoms with Crippen LogP contribution in [-0.2, 0) is 0 Å². The van der Waals surface area contributed by atoms with Crippen molar-refractivity contribution in [3.05, 3.63) is 18.0 Å². The Kier molecular flexibility index (Phi) is 4.64. The largest absolute Gasteiger partial charge is 0.493 e. The molecule has 2 rings (SSSR count). The van der Waals surface area contributed by atoms with Crippen LogP contribution in [0.25, 0.3) is 11.5 Å². The fourth-order valence-corrected chi connectivity index (χ4v) is 1.94. The number of benzene rings is 1. The van der Waals surface area contributed by atoms with Crippen molar-refractivity contribution >= 4 is 0 Å². The highest BCUT2D eigenvalue weighted by Gasteiger charge is 2.22. The molecule has 1 unspecified atom stereocenters. The Morgan fingerprint density at radius 2 is 1.81 bits per heavy atom. The van der Waals surface area contributed by atoms with Gasteiger partial charge in [0.2, 0.25) is 11.6 Å². The van der Waals surface area contributed by atoms with E-state index in [2.05, 4.69) is 10.2 Å². The van der Waals surface area contributed by atoms with E-state index in [-0.39, 0.29) is 6.04 Å². The zero-order valence-electron chi connectivity index (χ0n) is 12.5. The average Bonchev–Trinajstić information content (AvgIpc) is 3.02. The summed E-state index contributed by atoms with van der Waals surface area (Å²) in [6.45, 7) is 1.95. The number of hydrogen-bond donors (Lipinski definition) is 1. The van der Waals surface area contributed by atoms with Crippen LogP contribution in [0.2, 0.25) is 0 Å². The van der Waals surface area contributed by atoms with Crippen molar-refractivity contribution in [2.24, 2.45) is 5.73 Å². The maximum atomic E-state index is 5.89. The lowest BCUT2D eigenvalue weighted by Crippen LogP contribution is -2.08. The molecule has 0 spiro atoms. The van der Waals surface area contributed by atoms with E-state index in [1.807, 2.05) is 6.92 Å². The van der Waals surface area contributed by atoms with Crippen molar-refractivity contribution < 1.29 is 18.6 Å². The highest BCUT2D eigenvalue weighted by molar-refractivity contribution is 5.71. The first-order valence-electron chi connectivity index (χ1n) is 6.54. The molecule has 0 aliphatic heterocycles. The Morgan fingerprint density at radius 3 is 2.38 bits per heavy atom. The second-order valence-electron chi connectivity index (χ2n) is 4.34. The zero-order valence-corrected chi connectivity index (χ0v) is 12.5. The molecular weight excluding hydrogens is 274 g/mol. The normalized spacial score (nSPS) is 12.0. The summed E-state index contributed by atoms with van der Waals surface area (Å²) < 4.78 is 21.6. The first-order valence-corrected chi connectivity index (χ1v) is 6.54. The molecule has 0 aliphatic carbocycles. The van der Waals surface area contributed by atoms with Gasteiger partial charge in [0, 0.05) is 0 Å². The minimum atomic E-state index is -0.280. The predicted molar refractivity (Wildman–Crippen MR) is 76.6 cm³/mol. The summed E-state index contributed by atoms with van der Waals surface area (Å²) in [6.07, 6.45) is 0.713. The number of ether oxygens (including phenoxy) is 3. The molecule has 0 amide bonds. The molecule has 1 atom stereocenters. The average molecular weight is 293 g/mol. The van der Waals surface area contributed by atoms with E-state index in [4.69, 9.17) is 24.4 Å². The van der Waals surface area contributed by atoms with Gasteiger partial charge in [0.05, 0.1) is 32.9 Å². The van der Waals surface area contributed by atoms with Gasteiger partial charge >= 0.3 is 0 Å². The molecule has 114 valence electrons. The Bertz CT molecular complexity index is 612. The van der Waals surface area contributed by atoms with Crippen LogP contribution in [0.4, 0.5) is 0 Å². The maximum Gasteiger partial charge on any atom is 0.251 e. The number of methoxy groups -OCH3 is 3. The quantitative estimate of drug-likeness (QED) is 0.872. The van der Waals surface area contributed by atoms with Crippen LogP contribution in [0.3, 0.4) is 0 Å². The van der Waals surface area contributed by atoms with Crippen LogP contribution in [0.5, 0.6) is 17.2 Å². The first-order chi connectivity index (χ1) is 10.2. The van der Waals surface area contributed by atoms with E-state index in [1.165, 1.54) is 14.2 Å². The molecule has 0 radical (unpaired) electrons. The molecule has 2 aromatic rings. The summed E-state index contributed by atoms with van der Waals surface area (Å²) in [5, 5.41) is 7.99. The van der Waals surface area contributed by atoms with E-state index < -0.39 is 0 Å². The number of nitrogens with two attached hydrogens (primary N) is 1. The molecule has 21 heavy (non-hydrogen) atoms. The molecule has 0 saturated heterocycles. The van der Waals surface area contributed by atoms with Gasteiger partial charge in [-0.2, -0.15) is 0 Å². The fraction of sp³-hybridized carbons (Fsp3) is 0.429. The molecule has 0 bridgehead atoms. The molecule has 2 N–H and O–H groups in total. The molecule has 1 heterocycles. The summed E-state index contributed by atoms with van der Waals surface area (Å²) in [5.74, 6) is 2.22. The molecule has 0 saturated carbocycles. The Balaban J connectivity index is 2.51. The van der Waals surface area contributed by atoms with Gasteiger partial charge in [-0.05, 0) is 18.6 Å². The standard InChI is InChI=1S/C14H19N3O4/c1-5-9(15)14-17-16-13(21-14)8-6-7-10(18-2)12(20-4)11(8)19-3/h6-7,9H,5,15H2,1-4H3. The lowest BCUT2D eigenvalue weighted by molar-refractivity contribution is 0.324. The SMILES string of the molecule is CCC(N)c1nnc(-c2ccc(OC)c(OC)c2OC)o1. The molecular formula is C14H19N3O4. The molecule has 1 aromatic heterocycles. The second kappa shape index (κ2) is 6.45. The molecule has 7 heteroatoms. The Labute approximate surface area is 123 Å². The summed E-state index contributed by atoms with van der Waals surface area (Å²) in [5.41, 5.74) is 6.51. The molecule has 7 nitrogen and oxygen atoms in total. The lowest BCUT2D eigenvalue weighted by atomic mass is 10.1. The van der Waals surface area contributed by atoms with Gasteiger partial charge in [-0.25, -0.2) is 0 Å². The minimum Gasteiger partial charge on any atom is -0.493 e. The van der Waals surface area contributed by atoms with Crippen LogP contribution in [0, 0.1) is 0 Å². The topological polar surface area (TPSA) is 92.6 Å². The molecule has 0 aliphatic rings. The third-order valence-corrected chi connectivity index (χ3v) is 3.13. The monoisotopic (exact) mass is 293 g/mol. The number of rotatable bonds is 6. The van der Waals surface area contributed by atoms with Crippen molar-refractivity contribution in [2.75, 3.05) is 21.3 Å². The van der Waals surface area contributed by atoms with Crippen LogP contribution in [0.15, 0.2) is 16.5 Å². The van der Waals surface area contributed by atoms with E-state index in [9.17, 15) is 0 Å². The lowest BCUT2D eigenvalue weighted by Gasteiger charge is -2.13. The Hall–Kier alpha value is -2.28. The van der Waals surface area contributed by atoms with Gasteiger partial charge < -0.3 is 24.4 Å². The van der Waals surface area contributed by atoms with Gasteiger partial charge in [0.25, 0.3) is 5.89 Å². The van der Waals surface area contributed by atoms with Crippen LogP contribution in [0.1, 0.15) is 25.3 Å². The van der Waals surface area contributed by atoms with Crippen molar-refractivity contribution in [2.45, 2.75) is 19.4 Å². The van der Waals surface area contributed by atoms with Crippen molar-refractivity contribution in [1.29, 1.82) is 0 Å². The summed E-state index contributed by atoms with van der Waals surface area (Å²) in [7, 11) is 4.63. The zero-order chi connectivity index (χ0) is 15.4. The van der Waals surface area contributed by atoms with E-state index in [0.717, 1.165) is 0 Å². The predicted octanol–water partition coefficient (Wildman–Crippen LogP) is 2.17. The van der Waals surface area contributed by atoms with Crippen molar-refractivity contribution in [3.8, 4) is 28.7 Å². The van der Waals surface area contributed by atoms with E-state index in [1.54, 1.807) is 19.2 Å². The minimum absolute atomic E-state index is 0.280. The summed E-state index contributed by atoms with van der Waals surface area (Å²) >= 11 is 0. The van der Waals surface area contributed by atoms with Gasteiger partial charge in [-0.1, -0.05) is 6.92 Å². The Morgan fingerprint density at radius 1 is 1.10 bits per heavy atom. The van der Waals surface area contributed by atoms with Crippen molar-refractivity contribution in [1.82, 2.24) is 10.2 Å². The number of nitrogens with zero attached hydrogens (tertiary/aromatic N) is 2. The van der Waals surface area contributed by atoms with Gasteiger partial charge in [-0.3, -0.25) is 0 Å². The van der Waals surface area contributed by atoms with Gasteiger partial charge in [-0.15, -0.1) is 10.2 Å². The number of aromatic nitrogens is 2. The fourth-order valence-electron chi connectivity index (χ4n) is 1.94. The third kappa shape index (κ3) is 2.78. The second-order valence-corrected chi connectivity index (χ2v) is 4.34. The van der Waals surface area contributed by atoms with Gasteiger partial charge in [0.15, 0.2) is 11.5 Å². The van der Waals surface area contributed by atoms with Crippen LogP contribution in [-0.4, -0.2) is 31.5 Å². The van der Waals surface area contributed by atoms with E-state index in [0.29, 0.717) is 41.0 Å². The van der Waals surface area contributed by atoms with Crippen LogP contribution < -0.4 is 19.9 Å². The smallest absolute Gasteiger partial charge is 0.251 e. The molecule has 1 aromatic carbocycles.